The summed E-state index contributed by atoms with van der Waals surface area (Å²) in [6.07, 6.45) is 0.466. The van der Waals surface area contributed by atoms with Gasteiger partial charge in [0, 0.05) is 11.0 Å². The van der Waals surface area contributed by atoms with Gasteiger partial charge >= 0.3 is 17.8 Å². The lowest BCUT2D eigenvalue weighted by Crippen LogP contribution is -2.68. The zero-order valence-electron chi connectivity index (χ0n) is 15.7. The average Bonchev–Trinajstić information content (AvgIpc) is 3.08. The number of allylic oxidation sites excluding steroid dienone is 1. The zero-order valence-corrected chi connectivity index (χ0v) is 17.4. The molecule has 12 nitrogen and oxygen atoms in total. The number of rotatable bonds is 6. The summed E-state index contributed by atoms with van der Waals surface area (Å²) in [6, 6.07) is 2.27. The summed E-state index contributed by atoms with van der Waals surface area (Å²) < 4.78 is 1.14. The molecule has 2 aromatic heterocycles. The Kier molecular flexibility index (Phi) is 5.36. The van der Waals surface area contributed by atoms with Gasteiger partial charge in [-0.1, -0.05) is 17.8 Å². The monoisotopic (exact) mass is 464 g/mol. The van der Waals surface area contributed by atoms with E-state index < -0.39 is 40.3 Å². The predicted molar refractivity (Wildman–Crippen MR) is 111 cm³/mol. The third kappa shape index (κ3) is 3.41. The number of nitrogens with two attached hydrogens (primary N) is 1. The molecular formula is C17H16N6O6S2. The van der Waals surface area contributed by atoms with E-state index in [4.69, 9.17) is 10.8 Å². The molecular weight excluding hydrogens is 448 g/mol. The molecule has 4 N–H and O–H groups in total. The third-order valence-electron chi connectivity index (χ3n) is 4.81. The topological polar surface area (TPSA) is 173 Å². The quantitative estimate of drug-likeness (QED) is 0.299. The summed E-state index contributed by atoms with van der Waals surface area (Å²) in [7, 11) is 0. The SMILES string of the molecule is C=CCC(Sc1ccc2nn(C(=O)O)c(=O)n2n1)C1=C(C(=O)O)N2C(=O)C(N)[C@@H]2SC1. The molecule has 0 radical (unpaired) electrons. The Hall–Kier alpha value is -3.10. The highest BCUT2D eigenvalue weighted by molar-refractivity contribution is 8.01. The van der Waals surface area contributed by atoms with Gasteiger partial charge in [0.15, 0.2) is 5.65 Å². The highest BCUT2D eigenvalue weighted by atomic mass is 32.2. The number of β-lactam (4-membered cyclic amide) rings is 1. The van der Waals surface area contributed by atoms with Gasteiger partial charge in [0.2, 0.25) is 5.91 Å². The average molecular weight is 464 g/mol. The molecule has 4 heterocycles. The second kappa shape index (κ2) is 7.86. The van der Waals surface area contributed by atoms with Crippen LogP contribution in [0.4, 0.5) is 4.79 Å². The van der Waals surface area contributed by atoms with Crippen molar-refractivity contribution in [3.63, 3.8) is 0 Å². The van der Waals surface area contributed by atoms with E-state index in [1.165, 1.54) is 34.5 Å². The zero-order chi connectivity index (χ0) is 22.4. The van der Waals surface area contributed by atoms with Crippen molar-refractivity contribution in [2.45, 2.75) is 28.1 Å². The minimum absolute atomic E-state index is 0.0543. The lowest BCUT2D eigenvalue weighted by molar-refractivity contribution is -0.148. The normalized spacial score (nSPS) is 21.6. The number of carbonyl (C=O) groups is 3. The largest absolute Gasteiger partial charge is 0.477 e. The third-order valence-corrected chi connectivity index (χ3v) is 7.35. The van der Waals surface area contributed by atoms with Gasteiger partial charge < -0.3 is 15.9 Å². The van der Waals surface area contributed by atoms with Gasteiger partial charge in [-0.3, -0.25) is 9.69 Å². The Bertz CT molecular complexity index is 1220. The molecule has 0 saturated carbocycles. The Morgan fingerprint density at radius 1 is 1.35 bits per heavy atom. The molecule has 0 spiro atoms. The van der Waals surface area contributed by atoms with Crippen LogP contribution in [0.3, 0.4) is 0 Å². The van der Waals surface area contributed by atoms with E-state index in [-0.39, 0.29) is 16.0 Å². The molecule has 1 saturated heterocycles. The highest BCUT2D eigenvalue weighted by Gasteiger charge is 2.52. The standard InChI is InChI=1S/C17H16N6O6S2/c1-2-3-8(7-6-30-14-11(18)13(24)21(14)12(7)15(25)26)31-10-5-4-9-19-23(17(28)29)16(27)22(9)20-10/h2,4-5,8,11,14H,1,3,6,18H2,(H,25,26)(H,28,29)/t8?,11?,14-/m0/s1. The van der Waals surface area contributed by atoms with Crippen LogP contribution in [0.2, 0.25) is 0 Å². The van der Waals surface area contributed by atoms with E-state index >= 15 is 0 Å². The van der Waals surface area contributed by atoms with Gasteiger partial charge in [-0.05, 0) is 24.1 Å². The first-order valence-corrected chi connectivity index (χ1v) is 10.8. The van der Waals surface area contributed by atoms with Crippen molar-refractivity contribution in [3.8, 4) is 0 Å². The Labute approximate surface area is 182 Å². The van der Waals surface area contributed by atoms with Crippen LogP contribution in [-0.2, 0) is 9.59 Å². The number of hydrogen-bond acceptors (Lipinski definition) is 9. The van der Waals surface area contributed by atoms with Crippen LogP contribution in [-0.4, -0.2) is 74.9 Å². The van der Waals surface area contributed by atoms with Crippen molar-refractivity contribution in [1.29, 1.82) is 0 Å². The van der Waals surface area contributed by atoms with Crippen LogP contribution < -0.4 is 11.4 Å². The molecule has 1 fully saturated rings. The molecule has 0 aromatic carbocycles. The second-order valence-corrected chi connectivity index (χ2v) is 8.99. The minimum Gasteiger partial charge on any atom is -0.477 e. The van der Waals surface area contributed by atoms with E-state index in [0.717, 1.165) is 4.52 Å². The first-order valence-electron chi connectivity index (χ1n) is 8.91. The lowest BCUT2D eigenvalue weighted by atomic mass is 10.0. The molecule has 4 rings (SSSR count). The first-order chi connectivity index (χ1) is 14.7. The van der Waals surface area contributed by atoms with Gasteiger partial charge in [-0.15, -0.1) is 28.1 Å². The van der Waals surface area contributed by atoms with Crippen LogP contribution in [0.5, 0.6) is 0 Å². The summed E-state index contributed by atoms with van der Waals surface area (Å²) in [4.78, 5) is 48.7. The van der Waals surface area contributed by atoms with Crippen LogP contribution in [0.25, 0.3) is 5.65 Å². The molecule has 0 aliphatic carbocycles. The van der Waals surface area contributed by atoms with Crippen molar-refractivity contribution in [2.24, 2.45) is 5.73 Å². The van der Waals surface area contributed by atoms with Gasteiger partial charge in [0.1, 0.15) is 22.1 Å². The van der Waals surface area contributed by atoms with E-state index in [1.54, 1.807) is 12.1 Å². The van der Waals surface area contributed by atoms with Crippen LogP contribution in [0.1, 0.15) is 6.42 Å². The smallest absolute Gasteiger partial charge is 0.436 e. The molecule has 2 aliphatic heterocycles. The molecule has 2 unspecified atom stereocenters. The van der Waals surface area contributed by atoms with E-state index in [1.807, 2.05) is 0 Å². The van der Waals surface area contributed by atoms with Crippen LogP contribution in [0.15, 0.2) is 45.9 Å². The molecule has 3 atom stereocenters. The number of carboxylic acid groups (broad SMARTS) is 2. The van der Waals surface area contributed by atoms with Crippen molar-refractivity contribution in [1.82, 2.24) is 24.3 Å². The van der Waals surface area contributed by atoms with Crippen LogP contribution >= 0.6 is 23.5 Å². The van der Waals surface area contributed by atoms with Crippen molar-refractivity contribution < 1.29 is 24.6 Å². The number of nitrogens with zero attached hydrogens (tertiary/aromatic N) is 5. The molecule has 14 heteroatoms. The second-order valence-electron chi connectivity index (χ2n) is 6.66. The summed E-state index contributed by atoms with van der Waals surface area (Å²) in [6.45, 7) is 3.72. The molecule has 2 aromatic rings. The minimum atomic E-state index is -1.53. The number of hydrogen-bond donors (Lipinski definition) is 3. The maximum absolute atomic E-state index is 12.2. The van der Waals surface area contributed by atoms with Gasteiger partial charge in [0.25, 0.3) is 0 Å². The fraction of sp³-hybridized carbons (Fsp3) is 0.294. The maximum atomic E-state index is 12.2. The van der Waals surface area contributed by atoms with Crippen LogP contribution in [0, 0.1) is 0 Å². The number of carboxylic acids is 1. The first kappa shape index (κ1) is 21.1. The number of fused-ring (bicyclic) bond motifs is 2. The number of amides is 1. The van der Waals surface area contributed by atoms with Gasteiger partial charge in [-0.25, -0.2) is 14.4 Å². The van der Waals surface area contributed by atoms with E-state index in [2.05, 4.69) is 16.8 Å². The Morgan fingerprint density at radius 2 is 2.10 bits per heavy atom. The molecule has 2 aliphatic rings. The number of thioether (sulfide) groups is 2. The fourth-order valence-electron chi connectivity index (χ4n) is 3.38. The van der Waals surface area contributed by atoms with Gasteiger partial charge in [-0.2, -0.15) is 9.61 Å². The van der Waals surface area contributed by atoms with E-state index in [9.17, 15) is 24.3 Å². The lowest BCUT2D eigenvalue weighted by Gasteiger charge is -2.48. The molecule has 1 amide bonds. The fourth-order valence-corrected chi connectivity index (χ4v) is 6.00. The summed E-state index contributed by atoms with van der Waals surface area (Å²) in [5.74, 6) is -1.31. The molecule has 162 valence electrons. The predicted octanol–water partition coefficient (Wildman–Crippen LogP) is 0.0350. The van der Waals surface area contributed by atoms with E-state index in [0.29, 0.717) is 22.8 Å². The number of aromatic nitrogens is 4. The van der Waals surface area contributed by atoms with Crippen molar-refractivity contribution in [3.05, 3.63) is 46.5 Å². The summed E-state index contributed by atoms with van der Waals surface area (Å²) >= 11 is 2.57. The summed E-state index contributed by atoms with van der Waals surface area (Å²) in [5, 5.41) is 26.1. The molecule has 31 heavy (non-hydrogen) atoms. The van der Waals surface area contributed by atoms with Crippen molar-refractivity contribution in [2.75, 3.05) is 5.75 Å². The highest BCUT2D eigenvalue weighted by Crippen LogP contribution is 2.43. The van der Waals surface area contributed by atoms with Gasteiger partial charge in [0.05, 0.1) is 0 Å². The number of aliphatic carboxylic acids is 1. The molecule has 0 bridgehead atoms. The summed E-state index contributed by atoms with van der Waals surface area (Å²) in [5.41, 5.74) is 5.34. The Balaban J connectivity index is 1.72. The van der Waals surface area contributed by atoms with Crippen molar-refractivity contribution >= 4 is 47.1 Å². The Morgan fingerprint density at radius 3 is 2.74 bits per heavy atom. The number of carbonyl (C=O) groups excluding carboxylic acids is 1. The maximum Gasteiger partial charge on any atom is 0.436 e.